The Balaban J connectivity index is 2.53. The predicted molar refractivity (Wildman–Crippen MR) is 65.7 cm³/mol. The lowest BCUT2D eigenvalue weighted by Crippen LogP contribution is -2.40. The number of aryl methyl sites for hydroxylation is 1. The van der Waals surface area contributed by atoms with Crippen LogP contribution in [-0.2, 0) is 9.47 Å². The maximum Gasteiger partial charge on any atom is 0.171 e. The molecule has 0 amide bonds. The van der Waals surface area contributed by atoms with E-state index < -0.39 is 0 Å². The van der Waals surface area contributed by atoms with Gasteiger partial charge >= 0.3 is 0 Å². The van der Waals surface area contributed by atoms with Gasteiger partial charge in [0.25, 0.3) is 0 Å². The lowest BCUT2D eigenvalue weighted by Gasteiger charge is -2.24. The molecule has 0 saturated carbocycles. The molecule has 1 aromatic heterocycles. The second kappa shape index (κ2) is 6.30. The molecule has 2 atom stereocenters. The van der Waals surface area contributed by atoms with Crippen LogP contribution < -0.4 is 5.32 Å². The summed E-state index contributed by atoms with van der Waals surface area (Å²) in [5.41, 5.74) is 1.07. The molecule has 0 radical (unpaired) electrons. The predicted octanol–water partition coefficient (Wildman–Crippen LogP) is 2.11. The fraction of sp³-hybridized carbons (Fsp3) is 0.727. The first-order valence-corrected chi connectivity index (χ1v) is 6.20. The third kappa shape index (κ3) is 3.52. The molecule has 92 valence electrons. The van der Waals surface area contributed by atoms with E-state index in [0.29, 0.717) is 0 Å². The molecule has 1 heterocycles. The zero-order valence-electron chi connectivity index (χ0n) is 10.5. The van der Waals surface area contributed by atoms with Crippen LogP contribution in [0.3, 0.4) is 0 Å². The average molecular weight is 244 g/mol. The van der Waals surface area contributed by atoms with E-state index in [0.717, 1.165) is 10.7 Å². The molecule has 1 N–H and O–H groups in total. The van der Waals surface area contributed by atoms with E-state index in [1.165, 1.54) is 0 Å². The third-order valence-electron chi connectivity index (χ3n) is 2.39. The van der Waals surface area contributed by atoms with Gasteiger partial charge < -0.3 is 14.8 Å². The zero-order valence-corrected chi connectivity index (χ0v) is 11.3. The maximum absolute atomic E-state index is 5.20. The summed E-state index contributed by atoms with van der Waals surface area (Å²) in [6.07, 6.45) is -0.233. The van der Waals surface area contributed by atoms with E-state index in [4.69, 9.17) is 9.47 Å². The Labute approximate surface area is 101 Å². The highest BCUT2D eigenvalue weighted by molar-refractivity contribution is 7.09. The Morgan fingerprint density at radius 1 is 1.31 bits per heavy atom. The van der Waals surface area contributed by atoms with Gasteiger partial charge in [-0.1, -0.05) is 0 Å². The van der Waals surface area contributed by atoms with Crippen LogP contribution in [-0.4, -0.2) is 31.5 Å². The minimum atomic E-state index is -0.233. The van der Waals surface area contributed by atoms with Crippen LogP contribution in [0.2, 0.25) is 0 Å². The number of nitrogens with one attached hydrogen (secondary N) is 1. The van der Waals surface area contributed by atoms with Crippen molar-refractivity contribution >= 4 is 11.3 Å². The first kappa shape index (κ1) is 13.6. The van der Waals surface area contributed by atoms with Crippen LogP contribution in [0.4, 0.5) is 0 Å². The van der Waals surface area contributed by atoms with Crippen molar-refractivity contribution in [3.63, 3.8) is 0 Å². The number of aromatic nitrogens is 1. The number of rotatable bonds is 6. The molecular formula is C11H20N2O2S. The molecule has 5 heteroatoms. The van der Waals surface area contributed by atoms with Gasteiger partial charge in [-0.2, -0.15) is 0 Å². The van der Waals surface area contributed by atoms with Gasteiger partial charge in [0, 0.05) is 25.3 Å². The second-order valence-corrected chi connectivity index (χ2v) is 4.73. The average Bonchev–Trinajstić information content (AvgIpc) is 2.66. The molecule has 0 aliphatic heterocycles. The first-order chi connectivity index (χ1) is 7.58. The molecule has 0 aliphatic rings. The minimum Gasteiger partial charge on any atom is -0.354 e. The van der Waals surface area contributed by atoms with E-state index >= 15 is 0 Å². The summed E-state index contributed by atoms with van der Waals surface area (Å²) in [5, 5.41) is 6.56. The van der Waals surface area contributed by atoms with E-state index in [9.17, 15) is 0 Å². The van der Waals surface area contributed by atoms with Gasteiger partial charge in [-0.05, 0) is 20.8 Å². The monoisotopic (exact) mass is 244 g/mol. The standard InChI is InChI=1S/C11H20N2O2S/c1-7-6-16-10(12-7)8(2)13-9(3)11(14-4)15-5/h6,8-9,11,13H,1-5H3. The molecule has 1 rings (SSSR count). The first-order valence-electron chi connectivity index (χ1n) is 5.32. The van der Waals surface area contributed by atoms with Crippen molar-refractivity contribution < 1.29 is 9.47 Å². The van der Waals surface area contributed by atoms with Crippen molar-refractivity contribution in [3.8, 4) is 0 Å². The lowest BCUT2D eigenvalue weighted by atomic mass is 10.2. The number of ether oxygens (including phenoxy) is 2. The van der Waals surface area contributed by atoms with E-state index in [1.807, 2.05) is 13.8 Å². The highest BCUT2D eigenvalue weighted by Gasteiger charge is 2.19. The molecule has 0 saturated heterocycles. The summed E-state index contributed by atoms with van der Waals surface area (Å²) in [5.74, 6) is 0. The van der Waals surface area contributed by atoms with Gasteiger partial charge in [0.05, 0.1) is 12.1 Å². The van der Waals surface area contributed by atoms with Crippen molar-refractivity contribution in [1.82, 2.24) is 10.3 Å². The Hall–Kier alpha value is -0.490. The van der Waals surface area contributed by atoms with Crippen molar-refractivity contribution in [1.29, 1.82) is 0 Å². The molecule has 0 bridgehead atoms. The lowest BCUT2D eigenvalue weighted by molar-refractivity contribution is -0.120. The Morgan fingerprint density at radius 2 is 1.94 bits per heavy atom. The van der Waals surface area contributed by atoms with Crippen LogP contribution in [0.15, 0.2) is 5.38 Å². The molecule has 16 heavy (non-hydrogen) atoms. The quantitative estimate of drug-likeness (QED) is 0.778. The molecule has 0 aromatic carbocycles. The third-order valence-corrected chi connectivity index (χ3v) is 3.54. The normalized spacial score (nSPS) is 15.4. The topological polar surface area (TPSA) is 43.4 Å². The summed E-state index contributed by atoms with van der Waals surface area (Å²) in [7, 11) is 3.29. The number of nitrogens with zero attached hydrogens (tertiary/aromatic N) is 1. The summed E-state index contributed by atoms with van der Waals surface area (Å²) in [4.78, 5) is 4.45. The largest absolute Gasteiger partial charge is 0.354 e. The molecule has 1 aromatic rings. The number of hydrogen-bond donors (Lipinski definition) is 1. The minimum absolute atomic E-state index is 0.120. The van der Waals surface area contributed by atoms with Gasteiger partial charge in [0.15, 0.2) is 6.29 Å². The van der Waals surface area contributed by atoms with Gasteiger partial charge in [-0.3, -0.25) is 0 Å². The van der Waals surface area contributed by atoms with Crippen LogP contribution in [0.5, 0.6) is 0 Å². The van der Waals surface area contributed by atoms with E-state index in [-0.39, 0.29) is 18.4 Å². The van der Waals surface area contributed by atoms with Gasteiger partial charge in [-0.25, -0.2) is 4.98 Å². The SMILES string of the molecule is COC(OC)C(C)NC(C)c1nc(C)cs1. The maximum atomic E-state index is 5.20. The highest BCUT2D eigenvalue weighted by atomic mass is 32.1. The summed E-state index contributed by atoms with van der Waals surface area (Å²) >= 11 is 1.67. The van der Waals surface area contributed by atoms with Crippen molar-refractivity contribution in [2.24, 2.45) is 0 Å². The highest BCUT2D eigenvalue weighted by Crippen LogP contribution is 2.18. The second-order valence-electron chi connectivity index (χ2n) is 3.84. The van der Waals surface area contributed by atoms with Crippen LogP contribution in [0.25, 0.3) is 0 Å². The molecule has 0 spiro atoms. The van der Waals surface area contributed by atoms with Gasteiger partial charge in [0.2, 0.25) is 0 Å². The van der Waals surface area contributed by atoms with Crippen LogP contribution in [0, 0.1) is 6.92 Å². The van der Waals surface area contributed by atoms with Crippen LogP contribution in [0.1, 0.15) is 30.6 Å². The van der Waals surface area contributed by atoms with Crippen molar-refractivity contribution in [2.75, 3.05) is 14.2 Å². The molecular weight excluding hydrogens is 224 g/mol. The number of methoxy groups -OCH3 is 2. The Kier molecular flexibility index (Phi) is 5.34. The number of thiazole rings is 1. The Morgan fingerprint density at radius 3 is 2.38 bits per heavy atom. The van der Waals surface area contributed by atoms with Gasteiger partial charge in [-0.15, -0.1) is 11.3 Å². The van der Waals surface area contributed by atoms with Gasteiger partial charge in [0.1, 0.15) is 5.01 Å². The van der Waals surface area contributed by atoms with Crippen LogP contribution >= 0.6 is 11.3 Å². The smallest absolute Gasteiger partial charge is 0.171 e. The molecule has 0 aliphatic carbocycles. The van der Waals surface area contributed by atoms with Crippen molar-refractivity contribution in [2.45, 2.75) is 39.1 Å². The van der Waals surface area contributed by atoms with E-state index in [2.05, 4.69) is 22.6 Å². The Bertz CT molecular complexity index is 313. The zero-order chi connectivity index (χ0) is 12.1. The van der Waals surface area contributed by atoms with Crippen molar-refractivity contribution in [3.05, 3.63) is 16.1 Å². The molecule has 2 unspecified atom stereocenters. The fourth-order valence-electron chi connectivity index (χ4n) is 1.62. The molecule has 4 nitrogen and oxygen atoms in total. The fourth-order valence-corrected chi connectivity index (χ4v) is 2.43. The molecule has 0 fully saturated rings. The number of hydrogen-bond acceptors (Lipinski definition) is 5. The summed E-state index contributed by atoms with van der Waals surface area (Å²) < 4.78 is 10.4. The van der Waals surface area contributed by atoms with E-state index in [1.54, 1.807) is 25.6 Å². The summed E-state index contributed by atoms with van der Waals surface area (Å²) in [6.45, 7) is 6.13. The summed E-state index contributed by atoms with van der Waals surface area (Å²) in [6, 6.07) is 0.329.